The highest BCUT2D eigenvalue weighted by atomic mass is 32.1. The molecule has 9 heterocycles. The number of hydrogen-bond acceptors (Lipinski definition) is 11. The molecule has 0 unspecified atom stereocenters. The third-order valence-corrected chi connectivity index (χ3v) is 19.6. The highest BCUT2D eigenvalue weighted by Crippen LogP contribution is 2.55. The summed E-state index contributed by atoms with van der Waals surface area (Å²) in [5.41, 5.74) is 9.95. The van der Waals surface area contributed by atoms with Gasteiger partial charge in [0.1, 0.15) is 11.0 Å². The molecule has 0 aliphatic heterocycles. The molecule has 11 rings (SSSR count). The fraction of sp³-hybridized carbons (Fsp3) is 0.143. The normalized spacial score (nSPS) is 12.3. The van der Waals surface area contributed by atoms with E-state index in [9.17, 15) is 0 Å². The highest BCUT2D eigenvalue weighted by Gasteiger charge is 2.26. The number of hydrogen-bond donors (Lipinski definition) is 0. The quantitative estimate of drug-likeness (QED) is 0.172. The molecule has 0 radical (unpaired) electrons. The van der Waals surface area contributed by atoms with Crippen molar-refractivity contribution in [2.45, 2.75) is 41.5 Å². The van der Waals surface area contributed by atoms with E-state index in [1.54, 1.807) is 0 Å². The van der Waals surface area contributed by atoms with Crippen molar-refractivity contribution in [3.63, 3.8) is 0 Å². The molecule has 2 aromatic carbocycles. The molecule has 53 heavy (non-hydrogen) atoms. The number of rotatable bonds is 5. The van der Waals surface area contributed by atoms with Gasteiger partial charge in [0, 0.05) is 110 Å². The molecule has 0 N–H and O–H groups in total. The molecule has 0 fully saturated rings. The third-order valence-electron chi connectivity index (χ3n) is 10.1. The molecule has 11 aromatic rings. The van der Waals surface area contributed by atoms with Gasteiger partial charge >= 0.3 is 0 Å². The third kappa shape index (κ3) is 5.12. The van der Waals surface area contributed by atoms with E-state index < -0.39 is 0 Å². The van der Waals surface area contributed by atoms with Gasteiger partial charge in [-0.15, -0.1) is 90.7 Å². The van der Waals surface area contributed by atoms with Crippen LogP contribution in [0.4, 0.5) is 0 Å². The predicted molar refractivity (Wildman–Crippen MR) is 246 cm³/mol. The average molecular weight is 849 g/mol. The standard InChI is InChI=1S/C42H28N2S9/c1-17-7-9-25(45-17)37-23-11-19(3)48-41(23)38(26-10-8-18(2)46-26)24-13-28(52-42(24)37)30-14-31-32(49-30)16-34(51-31)36-22(6)21(5)35(39-40(36)44-53-43-39)33-15-29-27(50-33)12-20(4)47-29/h7-16H,1-6H3. The van der Waals surface area contributed by atoms with Crippen LogP contribution in [0.15, 0.2) is 60.7 Å². The van der Waals surface area contributed by atoms with Crippen LogP contribution < -0.4 is 0 Å². The largest absolute Gasteiger partial charge is 0.172 e. The molecule has 0 aliphatic rings. The minimum atomic E-state index is 1.03. The Morgan fingerprint density at radius 3 is 1.40 bits per heavy atom. The number of aryl methyl sites for hydroxylation is 4. The zero-order valence-electron chi connectivity index (χ0n) is 29.3. The maximum atomic E-state index is 4.93. The van der Waals surface area contributed by atoms with Gasteiger partial charge in [0.2, 0.25) is 0 Å². The second-order valence-electron chi connectivity index (χ2n) is 13.6. The minimum Gasteiger partial charge on any atom is -0.172 e. The average Bonchev–Trinajstić information content (AvgIpc) is 3.93. The van der Waals surface area contributed by atoms with Crippen molar-refractivity contribution in [3.8, 4) is 51.5 Å². The smallest absolute Gasteiger partial charge is 0.114 e. The molecule has 0 amide bonds. The number of fused-ring (bicyclic) bond motifs is 5. The van der Waals surface area contributed by atoms with Crippen LogP contribution in [0.25, 0.3) is 102 Å². The lowest BCUT2D eigenvalue weighted by atomic mass is 9.94. The van der Waals surface area contributed by atoms with E-state index in [0.29, 0.717) is 0 Å². The topological polar surface area (TPSA) is 25.8 Å². The van der Waals surface area contributed by atoms with Crippen LogP contribution in [-0.4, -0.2) is 8.75 Å². The first-order chi connectivity index (χ1) is 25.7. The van der Waals surface area contributed by atoms with Crippen LogP contribution in [0.5, 0.6) is 0 Å². The summed E-state index contributed by atoms with van der Waals surface area (Å²) >= 11 is 16.6. The second kappa shape index (κ2) is 12.2. The van der Waals surface area contributed by atoms with E-state index in [0.717, 1.165) is 11.0 Å². The SMILES string of the molecule is Cc1ccc(-c2c3cc(-c4cc5sc(-c6c(C)c(C)c(-c7cc8sc(C)cc8s7)c7nsnc67)cc5s4)sc3c(-c3ccc(C)s3)c3cc(C)sc23)s1. The maximum absolute atomic E-state index is 4.93. The minimum absolute atomic E-state index is 1.03. The Bertz CT molecular complexity index is 3100. The van der Waals surface area contributed by atoms with Gasteiger partial charge in [-0.05, 0) is 113 Å². The lowest BCUT2D eigenvalue weighted by Crippen LogP contribution is -1.93. The summed E-state index contributed by atoms with van der Waals surface area (Å²) in [5, 5.41) is 2.77. The van der Waals surface area contributed by atoms with Gasteiger partial charge in [-0.1, -0.05) is 0 Å². The molecule has 260 valence electrons. The van der Waals surface area contributed by atoms with Crippen LogP contribution >= 0.6 is 102 Å². The van der Waals surface area contributed by atoms with E-state index in [1.165, 1.54) is 133 Å². The molecule has 0 atom stereocenters. The molecular formula is C42H28N2S9. The van der Waals surface area contributed by atoms with Crippen molar-refractivity contribution >= 4 is 152 Å². The monoisotopic (exact) mass is 848 g/mol. The van der Waals surface area contributed by atoms with Gasteiger partial charge in [0.15, 0.2) is 0 Å². The fourth-order valence-corrected chi connectivity index (χ4v) is 17.5. The lowest BCUT2D eigenvalue weighted by Gasteiger charge is -2.13. The summed E-state index contributed by atoms with van der Waals surface area (Å²) in [6.07, 6.45) is 0. The summed E-state index contributed by atoms with van der Waals surface area (Å²) in [5.74, 6) is 0. The summed E-state index contributed by atoms with van der Waals surface area (Å²) in [6, 6.07) is 23.6. The van der Waals surface area contributed by atoms with Gasteiger partial charge in [0.25, 0.3) is 0 Å². The summed E-state index contributed by atoms with van der Waals surface area (Å²) < 4.78 is 18.0. The lowest BCUT2D eigenvalue weighted by molar-refractivity contribution is 1.36. The fourth-order valence-electron chi connectivity index (χ4n) is 7.65. The first kappa shape index (κ1) is 33.3. The van der Waals surface area contributed by atoms with Crippen molar-refractivity contribution in [2.24, 2.45) is 0 Å². The molecule has 0 aliphatic carbocycles. The predicted octanol–water partition coefficient (Wildman–Crippen LogP) is 17.0. The van der Waals surface area contributed by atoms with Gasteiger partial charge in [-0.25, -0.2) is 0 Å². The molecule has 0 saturated heterocycles. The van der Waals surface area contributed by atoms with Gasteiger partial charge in [0.05, 0.1) is 11.7 Å². The molecule has 0 saturated carbocycles. The van der Waals surface area contributed by atoms with E-state index in [4.69, 9.17) is 8.75 Å². The van der Waals surface area contributed by atoms with Crippen molar-refractivity contribution in [2.75, 3.05) is 0 Å². The maximum Gasteiger partial charge on any atom is 0.114 e. The van der Waals surface area contributed by atoms with E-state index in [2.05, 4.69) is 102 Å². The van der Waals surface area contributed by atoms with Crippen molar-refractivity contribution in [1.29, 1.82) is 0 Å². The number of aromatic nitrogens is 2. The Kier molecular flexibility index (Phi) is 7.65. The van der Waals surface area contributed by atoms with E-state index >= 15 is 0 Å². The number of thiophene rings is 8. The Morgan fingerprint density at radius 1 is 0.358 bits per heavy atom. The molecule has 0 spiro atoms. The van der Waals surface area contributed by atoms with Crippen LogP contribution in [-0.2, 0) is 0 Å². The first-order valence-electron chi connectivity index (χ1n) is 17.1. The Balaban J connectivity index is 1.06. The van der Waals surface area contributed by atoms with Crippen molar-refractivity contribution in [1.82, 2.24) is 8.75 Å². The van der Waals surface area contributed by atoms with E-state index in [1.807, 2.05) is 90.7 Å². The van der Waals surface area contributed by atoms with Crippen LogP contribution in [0.1, 0.15) is 30.6 Å². The number of benzene rings is 2. The zero-order chi connectivity index (χ0) is 35.9. The molecular weight excluding hydrogens is 821 g/mol. The Labute approximate surface area is 342 Å². The van der Waals surface area contributed by atoms with Gasteiger partial charge in [-0.2, -0.15) is 8.75 Å². The van der Waals surface area contributed by atoms with Crippen LogP contribution in [0, 0.1) is 41.5 Å². The Hall–Kier alpha value is -3.10. The first-order valence-corrected chi connectivity index (χ1v) is 24.4. The Morgan fingerprint density at radius 2 is 0.830 bits per heavy atom. The van der Waals surface area contributed by atoms with Crippen LogP contribution in [0.2, 0.25) is 0 Å². The number of nitrogens with zero attached hydrogens (tertiary/aromatic N) is 2. The summed E-state index contributed by atoms with van der Waals surface area (Å²) in [4.78, 5) is 13.4. The summed E-state index contributed by atoms with van der Waals surface area (Å²) in [7, 11) is 0. The van der Waals surface area contributed by atoms with Gasteiger partial charge < -0.3 is 0 Å². The second-order valence-corrected chi connectivity index (χ2v) is 23.6. The molecule has 9 aromatic heterocycles. The summed E-state index contributed by atoms with van der Waals surface area (Å²) in [6.45, 7) is 13.4. The highest BCUT2D eigenvalue weighted by molar-refractivity contribution is 7.33. The molecule has 11 heteroatoms. The van der Waals surface area contributed by atoms with E-state index in [-0.39, 0.29) is 0 Å². The molecule has 0 bridgehead atoms. The van der Waals surface area contributed by atoms with Gasteiger partial charge in [-0.3, -0.25) is 0 Å². The van der Waals surface area contributed by atoms with Crippen LogP contribution in [0.3, 0.4) is 0 Å². The van der Waals surface area contributed by atoms with Crippen molar-refractivity contribution in [3.05, 3.63) is 91.3 Å². The molecule has 2 nitrogen and oxygen atoms in total. The zero-order valence-corrected chi connectivity index (χ0v) is 36.7. The van der Waals surface area contributed by atoms with Crippen molar-refractivity contribution < 1.29 is 0 Å².